The van der Waals surface area contributed by atoms with Crippen LogP contribution in [0.2, 0.25) is 0 Å². The van der Waals surface area contributed by atoms with Gasteiger partial charge in [-0.3, -0.25) is 0 Å². The van der Waals surface area contributed by atoms with Crippen molar-refractivity contribution in [1.29, 1.82) is 0 Å². The number of rotatable bonds is 17. The summed E-state index contributed by atoms with van der Waals surface area (Å²) < 4.78 is 78.6. The Labute approximate surface area is 368 Å². The lowest BCUT2D eigenvalue weighted by Gasteiger charge is -2.37. The maximum atomic E-state index is 15.9. The van der Waals surface area contributed by atoms with Crippen LogP contribution < -0.4 is 25.4 Å². The normalized spacial score (nSPS) is 13.2. The second-order valence-corrected chi connectivity index (χ2v) is 18.6. The molecule has 4 N–H and O–H groups in total. The minimum atomic E-state index is -4.95. The second kappa shape index (κ2) is 18.9. The second-order valence-electron chi connectivity index (χ2n) is 14.5. The molecule has 0 aliphatic carbocycles. The van der Waals surface area contributed by atoms with Gasteiger partial charge in [0.05, 0.1) is 44.5 Å². The number of likely N-dealkylation sites (tertiary alicyclic amines) is 1. The molecule has 2 heterocycles. The summed E-state index contributed by atoms with van der Waals surface area (Å²) in [5.41, 5.74) is 10.1. The molecule has 0 spiro atoms. The van der Waals surface area contributed by atoms with Crippen molar-refractivity contribution in [2.24, 2.45) is 10.8 Å². The molecule has 1 saturated heterocycles. The van der Waals surface area contributed by atoms with Crippen molar-refractivity contribution < 1.29 is 45.7 Å². The first-order valence-corrected chi connectivity index (χ1v) is 22.4. The highest BCUT2D eigenvalue weighted by molar-refractivity contribution is 7.94. The number of ether oxygens (including phenoxy) is 3. The predicted octanol–water partition coefficient (Wildman–Crippen LogP) is 4.61. The molecule has 21 heteroatoms. The lowest BCUT2D eigenvalue weighted by atomic mass is 9.97. The molecular weight excluding hydrogens is 867 g/mol. The molecule has 1 fully saturated rings. The lowest BCUT2D eigenvalue weighted by Crippen LogP contribution is -2.56. The number of carbonyl (C=O) groups is 2. The first-order valence-electron chi connectivity index (χ1n) is 19.4. The number of urea groups is 1. The average Bonchev–Trinajstić information content (AvgIpc) is 3.73. The smallest absolute Gasteiger partial charge is 0.407 e. The maximum absolute atomic E-state index is 15.9. The van der Waals surface area contributed by atoms with E-state index in [2.05, 4.69) is 25.9 Å². The molecule has 5 aromatic carbocycles. The molecule has 332 valence electrons. The summed E-state index contributed by atoms with van der Waals surface area (Å²) in [7, 11) is -4.99. The van der Waals surface area contributed by atoms with Gasteiger partial charge in [0.15, 0.2) is 9.84 Å². The Hall–Kier alpha value is -7.36. The quantitative estimate of drug-likeness (QED) is 0.0837. The van der Waals surface area contributed by atoms with E-state index in [9.17, 15) is 23.1 Å². The Morgan fingerprint density at radius 1 is 0.828 bits per heavy atom. The fourth-order valence-corrected chi connectivity index (χ4v) is 11.0. The number of benzene rings is 5. The standard InChI is InChI=1S/C43H43N9O10S2/c1-60-33-13-7-28(8-14-33)23-51(24-29-9-15-34(61-2)16-10-29)64(58,59)40-38(63(56,57)36-26-50(27-36)43(54)55)20-19-37(32-6-4-5-31(21-32)22-45-47-42(44)53)39(40)41-46-49-52(48-41)25-30-11-17-35(62-3)18-12-30/h4-22,36H,23-27H2,1-3H3,(H,54,55)(H3,44,47,53)/b45-22+. The van der Waals surface area contributed by atoms with Crippen LogP contribution in [0.3, 0.4) is 0 Å². The summed E-state index contributed by atoms with van der Waals surface area (Å²) in [5, 5.41) is 25.5. The molecule has 6 aromatic rings. The van der Waals surface area contributed by atoms with E-state index in [1.807, 2.05) is 0 Å². The summed E-state index contributed by atoms with van der Waals surface area (Å²) in [6, 6.07) is 29.0. The van der Waals surface area contributed by atoms with Crippen LogP contribution in [-0.4, -0.2) is 109 Å². The third kappa shape index (κ3) is 9.80. The van der Waals surface area contributed by atoms with Crippen LogP contribution >= 0.6 is 0 Å². The van der Waals surface area contributed by atoms with Gasteiger partial charge < -0.3 is 30.0 Å². The molecule has 7 rings (SSSR count). The number of carbonyl (C=O) groups excluding carboxylic acids is 1. The van der Waals surface area contributed by atoms with E-state index in [0.29, 0.717) is 39.5 Å². The topological polar surface area (TPSA) is 251 Å². The van der Waals surface area contributed by atoms with E-state index in [0.717, 1.165) is 14.8 Å². The van der Waals surface area contributed by atoms with E-state index < -0.39 is 47.0 Å². The maximum Gasteiger partial charge on any atom is 0.407 e. The van der Waals surface area contributed by atoms with Gasteiger partial charge in [0.2, 0.25) is 15.8 Å². The Bertz CT molecular complexity index is 2850. The molecule has 0 unspecified atom stereocenters. The number of hydrogen-bond acceptors (Lipinski definition) is 13. The largest absolute Gasteiger partial charge is 0.497 e. The van der Waals surface area contributed by atoms with E-state index in [4.69, 9.17) is 19.9 Å². The van der Waals surface area contributed by atoms with Crippen molar-refractivity contribution in [2.75, 3.05) is 34.4 Å². The minimum absolute atomic E-state index is 0.0966. The number of sulfonamides is 1. The lowest BCUT2D eigenvalue weighted by molar-refractivity contribution is 0.119. The Morgan fingerprint density at radius 2 is 1.39 bits per heavy atom. The van der Waals surface area contributed by atoms with Crippen LogP contribution in [0.4, 0.5) is 9.59 Å². The van der Waals surface area contributed by atoms with Crippen LogP contribution in [-0.2, 0) is 39.5 Å². The Balaban J connectivity index is 1.48. The molecule has 0 radical (unpaired) electrons. The summed E-state index contributed by atoms with van der Waals surface area (Å²) in [6.45, 7) is -1.12. The molecule has 1 aromatic heterocycles. The highest BCUT2D eigenvalue weighted by atomic mass is 32.2. The highest BCUT2D eigenvalue weighted by Gasteiger charge is 2.45. The number of nitrogens with one attached hydrogen (secondary N) is 1. The van der Waals surface area contributed by atoms with Gasteiger partial charge in [0.25, 0.3) is 0 Å². The van der Waals surface area contributed by atoms with Crippen LogP contribution in [0.5, 0.6) is 17.2 Å². The first kappa shape index (κ1) is 44.7. The van der Waals surface area contributed by atoms with Gasteiger partial charge in [-0.1, -0.05) is 60.7 Å². The third-order valence-electron chi connectivity index (χ3n) is 10.4. The van der Waals surface area contributed by atoms with Crippen molar-refractivity contribution in [1.82, 2.24) is 34.8 Å². The van der Waals surface area contributed by atoms with Gasteiger partial charge in [-0.15, -0.1) is 10.2 Å². The van der Waals surface area contributed by atoms with Crippen LogP contribution in [0.25, 0.3) is 22.5 Å². The van der Waals surface area contributed by atoms with E-state index in [1.54, 1.807) is 104 Å². The van der Waals surface area contributed by atoms with Crippen molar-refractivity contribution >= 4 is 38.2 Å². The Kier molecular flexibility index (Phi) is 13.2. The highest BCUT2D eigenvalue weighted by Crippen LogP contribution is 2.43. The monoisotopic (exact) mass is 909 g/mol. The number of nitrogens with two attached hydrogens (primary N) is 1. The summed E-state index contributed by atoms with van der Waals surface area (Å²) in [6.07, 6.45) is 0.0111. The molecule has 0 bridgehead atoms. The number of amides is 3. The first-order chi connectivity index (χ1) is 30.7. The minimum Gasteiger partial charge on any atom is -0.497 e. The van der Waals surface area contributed by atoms with Gasteiger partial charge in [0, 0.05) is 26.2 Å². The van der Waals surface area contributed by atoms with Crippen LogP contribution in [0, 0.1) is 0 Å². The molecule has 3 amide bonds. The zero-order valence-corrected chi connectivity index (χ0v) is 36.4. The predicted molar refractivity (Wildman–Crippen MR) is 234 cm³/mol. The van der Waals surface area contributed by atoms with Gasteiger partial charge >= 0.3 is 12.1 Å². The van der Waals surface area contributed by atoms with Crippen molar-refractivity contribution in [3.63, 3.8) is 0 Å². The fourth-order valence-electron chi connectivity index (χ4n) is 6.96. The van der Waals surface area contributed by atoms with E-state index >= 15 is 8.42 Å². The summed E-state index contributed by atoms with van der Waals surface area (Å²) in [5.74, 6) is 1.48. The zero-order chi connectivity index (χ0) is 45.6. The number of primary amides is 1. The number of carboxylic acid groups (broad SMARTS) is 1. The number of hydrogen-bond donors (Lipinski definition) is 3. The van der Waals surface area contributed by atoms with Crippen LogP contribution in [0.1, 0.15) is 22.3 Å². The molecule has 0 saturated carbocycles. The SMILES string of the molecule is COc1ccc(CN(Cc2ccc(OC)cc2)S(=O)(=O)c2c(S(=O)(=O)C3CN(C(=O)O)C3)ccc(-c3cccc(/C=N/NC(N)=O)c3)c2-c2nnn(Cc3ccc(OC)cc3)n2)cc1. The summed E-state index contributed by atoms with van der Waals surface area (Å²) >= 11 is 0. The third-order valence-corrected chi connectivity index (χ3v) is 14.5. The van der Waals surface area contributed by atoms with E-state index in [-0.39, 0.29) is 49.7 Å². The van der Waals surface area contributed by atoms with Crippen molar-refractivity contribution in [3.8, 4) is 39.8 Å². The number of sulfone groups is 1. The van der Waals surface area contributed by atoms with Crippen molar-refractivity contribution in [3.05, 3.63) is 131 Å². The number of tetrazole rings is 1. The molecule has 1 aliphatic heterocycles. The zero-order valence-electron chi connectivity index (χ0n) is 34.7. The number of nitrogens with zero attached hydrogens (tertiary/aromatic N) is 7. The van der Waals surface area contributed by atoms with E-state index in [1.165, 1.54) is 37.4 Å². The van der Waals surface area contributed by atoms with Gasteiger partial charge in [-0.2, -0.15) is 14.2 Å². The molecular formula is C43H43N9O10S2. The van der Waals surface area contributed by atoms with Crippen molar-refractivity contribution in [2.45, 2.75) is 34.7 Å². The summed E-state index contributed by atoms with van der Waals surface area (Å²) in [4.78, 5) is 24.1. The molecule has 0 atom stereocenters. The number of hydrazone groups is 1. The average molecular weight is 910 g/mol. The van der Waals surface area contributed by atoms with Gasteiger partial charge in [-0.25, -0.2) is 31.9 Å². The molecule has 19 nitrogen and oxygen atoms in total. The number of methoxy groups -OCH3 is 3. The Morgan fingerprint density at radius 3 is 1.92 bits per heavy atom. The molecule has 64 heavy (non-hydrogen) atoms. The van der Waals surface area contributed by atoms with Gasteiger partial charge in [0.1, 0.15) is 27.4 Å². The van der Waals surface area contributed by atoms with Crippen LogP contribution in [0.15, 0.2) is 124 Å². The molecule has 1 aliphatic rings. The fraction of sp³-hybridized carbons (Fsp3) is 0.209. The van der Waals surface area contributed by atoms with Gasteiger partial charge in [-0.05, 0) is 87.1 Å². The number of aromatic nitrogens is 4.